The molecule has 2 amide bonds. The Kier molecular flexibility index (Phi) is 15.4. The minimum Gasteiger partial charge on any atom is -0.483 e. The number of nitrogens with two attached hydrogens (primary N) is 1. The number of rotatable bonds is 18. The largest absolute Gasteiger partial charge is 0.483 e. The molecule has 2 atom stereocenters. The summed E-state index contributed by atoms with van der Waals surface area (Å²) in [6.07, 6.45) is 7.70. The molecule has 0 saturated heterocycles. The summed E-state index contributed by atoms with van der Waals surface area (Å²) >= 11 is 12.1. The van der Waals surface area contributed by atoms with E-state index in [9.17, 15) is 29.1 Å². The van der Waals surface area contributed by atoms with Crippen molar-refractivity contribution in [2.75, 3.05) is 19.8 Å². The Morgan fingerprint density at radius 2 is 1.62 bits per heavy atom. The van der Waals surface area contributed by atoms with Crippen LogP contribution in [0.5, 0.6) is 0 Å². The monoisotopic (exact) mass is 687 g/mol. The highest BCUT2D eigenvalue weighted by Gasteiger charge is 2.29. The van der Waals surface area contributed by atoms with Crippen LogP contribution in [0.25, 0.3) is 5.57 Å². The van der Waals surface area contributed by atoms with Gasteiger partial charge in [0, 0.05) is 5.57 Å². The van der Waals surface area contributed by atoms with Crippen LogP contribution >= 0.6 is 23.2 Å². The molecular formula is C34H39Cl2N3O8. The number of unbranched alkanes of at least 4 members (excludes halogenated alkanes) is 2. The maximum atomic E-state index is 13.4. The number of hydrogen-bond acceptors (Lipinski definition) is 8. The lowest BCUT2D eigenvalue weighted by Gasteiger charge is -2.22. The molecule has 0 heterocycles. The smallest absolute Gasteiger partial charge is 0.341 e. The van der Waals surface area contributed by atoms with Crippen molar-refractivity contribution < 1.29 is 38.6 Å². The summed E-state index contributed by atoms with van der Waals surface area (Å²) in [5.74, 6) is -4.03. The summed E-state index contributed by atoms with van der Waals surface area (Å²) in [6, 6.07) is 11.4. The zero-order valence-corrected chi connectivity index (χ0v) is 27.4. The molecule has 2 aromatic rings. The maximum Gasteiger partial charge on any atom is 0.341 e. The van der Waals surface area contributed by atoms with Crippen LogP contribution in [0, 0.1) is 0 Å². The van der Waals surface area contributed by atoms with Gasteiger partial charge in [0.25, 0.3) is 5.91 Å². The Hall–Kier alpha value is -4.19. The van der Waals surface area contributed by atoms with Crippen molar-refractivity contribution >= 4 is 58.3 Å². The molecule has 1 aliphatic carbocycles. The zero-order chi connectivity index (χ0) is 34.2. The van der Waals surface area contributed by atoms with Gasteiger partial charge in [0.05, 0.1) is 22.0 Å². The highest BCUT2D eigenvalue weighted by atomic mass is 35.5. The van der Waals surface area contributed by atoms with Gasteiger partial charge in [-0.1, -0.05) is 78.5 Å². The number of esters is 1. The van der Waals surface area contributed by atoms with E-state index in [1.54, 1.807) is 0 Å². The summed E-state index contributed by atoms with van der Waals surface area (Å²) in [6.45, 7) is -0.774. The quantitative estimate of drug-likeness (QED) is 0.126. The number of ether oxygens (including phenoxy) is 2. The second-order valence-corrected chi connectivity index (χ2v) is 11.7. The first-order chi connectivity index (χ1) is 22.6. The molecule has 0 fully saturated rings. The van der Waals surface area contributed by atoms with Gasteiger partial charge in [-0.25, -0.2) is 4.79 Å². The molecule has 252 valence electrons. The molecule has 0 aliphatic heterocycles. The van der Waals surface area contributed by atoms with E-state index in [-0.39, 0.29) is 28.6 Å². The van der Waals surface area contributed by atoms with E-state index in [0.29, 0.717) is 31.6 Å². The van der Waals surface area contributed by atoms with Crippen LogP contribution in [-0.2, 0) is 28.7 Å². The molecular weight excluding hydrogens is 649 g/mol. The van der Waals surface area contributed by atoms with E-state index < -0.39 is 54.6 Å². The van der Waals surface area contributed by atoms with Crippen LogP contribution in [0.2, 0.25) is 10.0 Å². The highest BCUT2D eigenvalue weighted by Crippen LogP contribution is 2.29. The second-order valence-electron chi connectivity index (χ2n) is 10.8. The number of carbonyl (C=O) groups is 5. The third-order valence-electron chi connectivity index (χ3n) is 7.29. The fraction of sp³-hybridized carbons (Fsp3) is 0.382. The Bertz CT molecular complexity index is 1460. The number of aliphatic carboxylic acids is 1. The van der Waals surface area contributed by atoms with E-state index in [1.807, 2.05) is 42.5 Å². The van der Waals surface area contributed by atoms with E-state index in [2.05, 4.69) is 10.6 Å². The van der Waals surface area contributed by atoms with Gasteiger partial charge in [0.2, 0.25) is 5.91 Å². The van der Waals surface area contributed by atoms with Crippen molar-refractivity contribution in [3.05, 3.63) is 87.6 Å². The lowest BCUT2D eigenvalue weighted by atomic mass is 10.0. The number of hydrogen-bond donors (Lipinski definition) is 4. The summed E-state index contributed by atoms with van der Waals surface area (Å²) in [4.78, 5) is 63.5. The minimum atomic E-state index is -1.55. The molecule has 1 unspecified atom stereocenters. The zero-order valence-electron chi connectivity index (χ0n) is 25.8. The van der Waals surface area contributed by atoms with E-state index in [1.165, 1.54) is 18.2 Å². The van der Waals surface area contributed by atoms with E-state index >= 15 is 0 Å². The molecule has 2 aromatic carbocycles. The standard InChI is InChI=1S/C34H39Cl2N3O8/c35-24-14-10-15-25(36)32(24)34(45)47-20-28(40)27(19-31(42)43)39-33(44)26(16-7-3-9-18-37)38-30(41)21-46-29-17-8-2-6-13-23(29)22-11-4-1-5-12-22/h1,4-5,8,10-12,14-15,17,26-27H,2-3,6-7,9,13,16,18-21,37H2,(H,38,41)(H,39,44)(H,42,43)/t26-,27?/m0/s1. The van der Waals surface area contributed by atoms with Crippen LogP contribution in [0.15, 0.2) is 66.4 Å². The number of ketones is 1. The first kappa shape index (κ1) is 37.3. The average Bonchev–Trinajstić information content (AvgIpc) is 3.29. The highest BCUT2D eigenvalue weighted by molar-refractivity contribution is 6.39. The molecule has 1 aliphatic rings. The van der Waals surface area contributed by atoms with Crippen LogP contribution in [0.4, 0.5) is 0 Å². The van der Waals surface area contributed by atoms with Crippen molar-refractivity contribution in [2.24, 2.45) is 5.73 Å². The fourth-order valence-electron chi connectivity index (χ4n) is 4.88. The molecule has 0 saturated carbocycles. The summed E-state index contributed by atoms with van der Waals surface area (Å²) in [7, 11) is 0. The van der Waals surface area contributed by atoms with Crippen LogP contribution < -0.4 is 16.4 Å². The summed E-state index contributed by atoms with van der Waals surface area (Å²) < 4.78 is 11.0. The first-order valence-corrected chi connectivity index (χ1v) is 16.1. The molecule has 5 N–H and O–H groups in total. The SMILES string of the molecule is NCCCCC[C@H](NC(=O)COC1=C(c2ccccc2)CCCC=C1)C(=O)NC(CC(=O)O)C(=O)COC(=O)c1c(Cl)cccc1Cl. The van der Waals surface area contributed by atoms with Crippen LogP contribution in [-0.4, -0.2) is 66.5 Å². The van der Waals surface area contributed by atoms with Gasteiger partial charge in [-0.2, -0.15) is 0 Å². The Balaban J connectivity index is 1.69. The number of Topliss-reactive ketones (excluding diaryl/α,β-unsaturated/α-hetero) is 1. The topological polar surface area (TPSA) is 174 Å². The van der Waals surface area contributed by atoms with E-state index in [4.69, 9.17) is 38.4 Å². The fourth-order valence-corrected chi connectivity index (χ4v) is 5.44. The number of carboxylic acid groups (broad SMARTS) is 1. The molecule has 0 aromatic heterocycles. The summed E-state index contributed by atoms with van der Waals surface area (Å²) in [5, 5.41) is 14.5. The number of benzene rings is 2. The predicted octanol–water partition coefficient (Wildman–Crippen LogP) is 4.85. The van der Waals surface area contributed by atoms with Crippen molar-refractivity contribution in [1.29, 1.82) is 0 Å². The number of carboxylic acids is 1. The Labute approximate surface area is 283 Å². The van der Waals surface area contributed by atoms with Crippen LogP contribution in [0.3, 0.4) is 0 Å². The van der Waals surface area contributed by atoms with Gasteiger partial charge < -0.3 is 30.9 Å². The van der Waals surface area contributed by atoms with Crippen molar-refractivity contribution in [3.8, 4) is 0 Å². The number of halogens is 2. The molecule has 0 spiro atoms. The van der Waals surface area contributed by atoms with Crippen molar-refractivity contribution in [3.63, 3.8) is 0 Å². The average molecular weight is 689 g/mol. The van der Waals surface area contributed by atoms with Crippen LogP contribution in [0.1, 0.15) is 67.3 Å². The van der Waals surface area contributed by atoms with Gasteiger partial charge >= 0.3 is 11.9 Å². The molecule has 3 rings (SSSR count). The first-order valence-electron chi connectivity index (χ1n) is 15.3. The molecule has 0 radical (unpaired) electrons. The number of carbonyl (C=O) groups excluding carboxylic acids is 4. The number of nitrogens with one attached hydrogen (secondary N) is 2. The van der Waals surface area contributed by atoms with E-state index in [0.717, 1.165) is 30.4 Å². The Morgan fingerprint density at radius 3 is 2.30 bits per heavy atom. The van der Waals surface area contributed by atoms with Crippen molar-refractivity contribution in [2.45, 2.75) is 63.5 Å². The molecule has 0 bridgehead atoms. The van der Waals surface area contributed by atoms with Gasteiger partial charge in [0.15, 0.2) is 19.0 Å². The summed E-state index contributed by atoms with van der Waals surface area (Å²) in [5.41, 5.74) is 7.39. The lowest BCUT2D eigenvalue weighted by Crippen LogP contribution is -2.53. The van der Waals surface area contributed by atoms with Gasteiger partial charge in [-0.05, 0) is 62.4 Å². The lowest BCUT2D eigenvalue weighted by molar-refractivity contribution is -0.141. The molecule has 13 heteroatoms. The van der Waals surface area contributed by atoms with Gasteiger partial charge in [-0.3, -0.25) is 19.2 Å². The van der Waals surface area contributed by atoms with Gasteiger partial charge in [-0.15, -0.1) is 0 Å². The molecule has 11 nitrogen and oxygen atoms in total. The normalized spacial score (nSPS) is 14.0. The maximum absolute atomic E-state index is 13.4. The second kappa shape index (κ2) is 19.5. The third-order valence-corrected chi connectivity index (χ3v) is 7.92. The molecule has 47 heavy (non-hydrogen) atoms. The number of allylic oxidation sites excluding steroid dienone is 3. The minimum absolute atomic E-state index is 0.00480. The number of amides is 2. The third kappa shape index (κ3) is 12.2. The predicted molar refractivity (Wildman–Crippen MR) is 178 cm³/mol. The Morgan fingerprint density at radius 1 is 0.894 bits per heavy atom. The van der Waals surface area contributed by atoms with Gasteiger partial charge in [0.1, 0.15) is 17.8 Å². The van der Waals surface area contributed by atoms with Crippen molar-refractivity contribution in [1.82, 2.24) is 10.6 Å².